The van der Waals surface area contributed by atoms with Gasteiger partial charge in [-0.15, -0.1) is 0 Å². The first-order valence-electron chi connectivity index (χ1n) is 11.0. The van der Waals surface area contributed by atoms with Crippen molar-refractivity contribution in [2.75, 3.05) is 34.3 Å². The number of halogens is 1. The molecule has 0 aliphatic rings. The molecule has 8 nitrogen and oxygen atoms in total. The molecule has 180 valence electrons. The van der Waals surface area contributed by atoms with Crippen LogP contribution in [0.1, 0.15) is 19.0 Å². The van der Waals surface area contributed by atoms with Crippen molar-refractivity contribution >= 4 is 17.3 Å². The SMILES string of the molecule is CN=C(C)C(CCOc1ccc(F)cc1-c1ccc2ncc(CCN)n2c1)=C(N)C(=O)N(C)C. The van der Waals surface area contributed by atoms with Crippen LogP contribution in [0.25, 0.3) is 16.8 Å². The van der Waals surface area contributed by atoms with E-state index in [1.807, 2.05) is 22.7 Å². The lowest BCUT2D eigenvalue weighted by molar-refractivity contribution is -0.124. The Morgan fingerprint density at radius 2 is 2.03 bits per heavy atom. The fraction of sp³-hybridized carbons (Fsp3) is 0.320. The van der Waals surface area contributed by atoms with Gasteiger partial charge in [0.1, 0.15) is 22.9 Å². The van der Waals surface area contributed by atoms with Gasteiger partial charge in [0, 0.05) is 74.5 Å². The fourth-order valence-electron chi connectivity index (χ4n) is 3.66. The van der Waals surface area contributed by atoms with E-state index in [4.69, 9.17) is 16.2 Å². The van der Waals surface area contributed by atoms with Gasteiger partial charge < -0.3 is 25.5 Å². The van der Waals surface area contributed by atoms with Crippen LogP contribution < -0.4 is 16.2 Å². The van der Waals surface area contributed by atoms with E-state index in [1.165, 1.54) is 17.0 Å². The molecule has 3 aromatic rings. The van der Waals surface area contributed by atoms with E-state index in [0.29, 0.717) is 42.0 Å². The van der Waals surface area contributed by atoms with Gasteiger partial charge in [0.05, 0.1) is 6.61 Å². The molecule has 0 unspecified atom stereocenters. The Morgan fingerprint density at radius 1 is 1.26 bits per heavy atom. The number of pyridine rings is 1. The average Bonchev–Trinajstić information content (AvgIpc) is 3.23. The van der Waals surface area contributed by atoms with Crippen LogP contribution in [0.3, 0.4) is 0 Å². The smallest absolute Gasteiger partial charge is 0.269 e. The molecule has 34 heavy (non-hydrogen) atoms. The zero-order valence-electron chi connectivity index (χ0n) is 20.0. The Hall–Kier alpha value is -3.72. The van der Waals surface area contributed by atoms with Gasteiger partial charge in [-0.05, 0) is 43.8 Å². The second kappa shape index (κ2) is 10.9. The number of benzene rings is 1. The molecular weight excluding hydrogens is 435 g/mol. The summed E-state index contributed by atoms with van der Waals surface area (Å²) in [6.07, 6.45) is 4.74. The van der Waals surface area contributed by atoms with Crippen LogP contribution in [0.4, 0.5) is 4.39 Å². The second-order valence-electron chi connectivity index (χ2n) is 8.07. The first kappa shape index (κ1) is 24.9. The van der Waals surface area contributed by atoms with Crippen molar-refractivity contribution in [2.45, 2.75) is 19.8 Å². The largest absolute Gasteiger partial charge is 0.493 e. The molecule has 2 aromatic heterocycles. The van der Waals surface area contributed by atoms with Crippen molar-refractivity contribution in [3.8, 4) is 16.9 Å². The third-order valence-electron chi connectivity index (χ3n) is 5.58. The number of fused-ring (bicyclic) bond motifs is 1. The third-order valence-corrected chi connectivity index (χ3v) is 5.58. The number of hydrogen-bond acceptors (Lipinski definition) is 6. The number of amides is 1. The van der Waals surface area contributed by atoms with Gasteiger partial charge in [-0.1, -0.05) is 0 Å². The van der Waals surface area contributed by atoms with E-state index in [1.54, 1.807) is 40.3 Å². The molecule has 0 spiro atoms. The first-order chi connectivity index (χ1) is 16.3. The lowest BCUT2D eigenvalue weighted by Gasteiger charge is -2.17. The van der Waals surface area contributed by atoms with Crippen LogP contribution in [0.5, 0.6) is 5.75 Å². The van der Waals surface area contributed by atoms with E-state index < -0.39 is 0 Å². The number of aliphatic imine (C=N–C) groups is 1. The predicted molar refractivity (Wildman–Crippen MR) is 132 cm³/mol. The highest BCUT2D eigenvalue weighted by Gasteiger charge is 2.17. The summed E-state index contributed by atoms with van der Waals surface area (Å²) in [5.74, 6) is -0.141. The maximum absolute atomic E-state index is 14.2. The number of carbonyl (C=O) groups is 1. The fourth-order valence-corrected chi connectivity index (χ4v) is 3.66. The topological polar surface area (TPSA) is 111 Å². The molecule has 4 N–H and O–H groups in total. The molecule has 0 fully saturated rings. The molecule has 2 heterocycles. The zero-order chi connectivity index (χ0) is 24.8. The minimum absolute atomic E-state index is 0.133. The minimum Gasteiger partial charge on any atom is -0.493 e. The second-order valence-corrected chi connectivity index (χ2v) is 8.07. The highest BCUT2D eigenvalue weighted by molar-refractivity contribution is 6.06. The summed E-state index contributed by atoms with van der Waals surface area (Å²) in [7, 11) is 4.93. The summed E-state index contributed by atoms with van der Waals surface area (Å²) in [5, 5.41) is 0. The molecule has 1 amide bonds. The molecule has 0 saturated heterocycles. The number of hydrogen-bond donors (Lipinski definition) is 2. The minimum atomic E-state index is -0.370. The summed E-state index contributed by atoms with van der Waals surface area (Å²) in [6, 6.07) is 8.15. The van der Waals surface area contributed by atoms with Crippen molar-refractivity contribution in [3.63, 3.8) is 0 Å². The maximum atomic E-state index is 14.2. The highest BCUT2D eigenvalue weighted by Crippen LogP contribution is 2.32. The van der Waals surface area contributed by atoms with E-state index in [0.717, 1.165) is 16.9 Å². The van der Waals surface area contributed by atoms with Crippen molar-refractivity contribution in [2.24, 2.45) is 16.5 Å². The third kappa shape index (κ3) is 5.43. The molecule has 3 rings (SSSR count). The number of likely N-dealkylation sites (N-methyl/N-ethyl adjacent to an activating group) is 1. The van der Waals surface area contributed by atoms with E-state index in [9.17, 15) is 9.18 Å². The van der Waals surface area contributed by atoms with Crippen molar-refractivity contribution in [1.29, 1.82) is 0 Å². The summed E-state index contributed by atoms with van der Waals surface area (Å²) >= 11 is 0. The number of aromatic nitrogens is 2. The zero-order valence-corrected chi connectivity index (χ0v) is 20.0. The van der Waals surface area contributed by atoms with Crippen molar-refractivity contribution in [1.82, 2.24) is 14.3 Å². The number of carbonyl (C=O) groups excluding carboxylic acids is 1. The summed E-state index contributed by atoms with van der Waals surface area (Å²) in [4.78, 5) is 22.4. The molecule has 9 heteroatoms. The van der Waals surface area contributed by atoms with Gasteiger partial charge in [0.15, 0.2) is 0 Å². The van der Waals surface area contributed by atoms with E-state index >= 15 is 0 Å². The van der Waals surface area contributed by atoms with Gasteiger partial charge in [-0.3, -0.25) is 9.79 Å². The standard InChI is InChI=1S/C25H31FN6O2/c1-16(29-2)20(24(28)25(33)31(3)4)10-12-34-22-7-6-18(26)13-21(22)17-5-8-23-30-14-19(9-11-27)32(23)15-17/h5-8,13-15H,9-12,27-28H2,1-4H3. The number of ether oxygens (including phenoxy) is 1. The molecule has 0 radical (unpaired) electrons. The first-order valence-corrected chi connectivity index (χ1v) is 11.0. The summed E-state index contributed by atoms with van der Waals surface area (Å²) in [5.41, 5.74) is 16.4. The van der Waals surface area contributed by atoms with E-state index in [2.05, 4.69) is 9.98 Å². The molecule has 1 aromatic carbocycles. The highest BCUT2D eigenvalue weighted by atomic mass is 19.1. The Labute approximate surface area is 198 Å². The normalized spacial score (nSPS) is 12.6. The quantitative estimate of drug-likeness (QED) is 0.372. The van der Waals surface area contributed by atoms with E-state index in [-0.39, 0.29) is 24.0 Å². The van der Waals surface area contributed by atoms with Crippen LogP contribution in [0.2, 0.25) is 0 Å². The Morgan fingerprint density at radius 3 is 2.71 bits per heavy atom. The predicted octanol–water partition coefficient (Wildman–Crippen LogP) is 2.80. The maximum Gasteiger partial charge on any atom is 0.269 e. The molecule has 0 aliphatic heterocycles. The number of imidazole rings is 1. The molecule has 0 atom stereocenters. The number of nitrogens with two attached hydrogens (primary N) is 2. The Bertz CT molecular complexity index is 1250. The van der Waals surface area contributed by atoms with Gasteiger partial charge >= 0.3 is 0 Å². The van der Waals surface area contributed by atoms with Gasteiger partial charge in [0.25, 0.3) is 5.91 Å². The summed E-state index contributed by atoms with van der Waals surface area (Å²) < 4.78 is 22.2. The van der Waals surface area contributed by atoms with Crippen molar-refractivity contribution in [3.05, 3.63) is 65.5 Å². The monoisotopic (exact) mass is 466 g/mol. The lowest BCUT2D eigenvalue weighted by Crippen LogP contribution is -2.30. The Balaban J connectivity index is 1.90. The average molecular weight is 467 g/mol. The Kier molecular flexibility index (Phi) is 8.01. The van der Waals surface area contributed by atoms with Gasteiger partial charge in [-0.2, -0.15) is 0 Å². The van der Waals surface area contributed by atoms with Crippen molar-refractivity contribution < 1.29 is 13.9 Å². The number of rotatable bonds is 9. The van der Waals surface area contributed by atoms with Crippen LogP contribution in [-0.2, 0) is 11.2 Å². The van der Waals surface area contributed by atoms with Crippen LogP contribution >= 0.6 is 0 Å². The number of nitrogens with zero attached hydrogens (tertiary/aromatic N) is 4. The van der Waals surface area contributed by atoms with Gasteiger partial charge in [-0.25, -0.2) is 9.37 Å². The molecular formula is C25H31FN6O2. The molecule has 0 saturated carbocycles. The molecule has 0 bridgehead atoms. The van der Waals surface area contributed by atoms with Crippen LogP contribution in [0.15, 0.2) is 59.0 Å². The van der Waals surface area contributed by atoms with Crippen LogP contribution in [0, 0.1) is 5.82 Å². The van der Waals surface area contributed by atoms with Crippen LogP contribution in [-0.4, -0.2) is 60.2 Å². The summed E-state index contributed by atoms with van der Waals surface area (Å²) in [6.45, 7) is 2.53. The molecule has 0 aliphatic carbocycles. The van der Waals surface area contributed by atoms with Gasteiger partial charge in [0.2, 0.25) is 0 Å². The lowest BCUT2D eigenvalue weighted by atomic mass is 10.0.